The van der Waals surface area contributed by atoms with Gasteiger partial charge in [0.25, 0.3) is 0 Å². The number of carbonyl (C=O) groups excluding carboxylic acids is 1. The van der Waals surface area contributed by atoms with Gasteiger partial charge in [0.15, 0.2) is 0 Å². The first-order valence-electron chi connectivity index (χ1n) is 12.9. The minimum absolute atomic E-state index is 0.00299. The second-order valence-electron chi connectivity index (χ2n) is 8.28. The molecule has 2 heterocycles. The second-order valence-corrected chi connectivity index (χ2v) is 9.45. The summed E-state index contributed by atoms with van der Waals surface area (Å²) in [6, 6.07) is 19.5. The van der Waals surface area contributed by atoms with Crippen molar-refractivity contribution in [1.29, 1.82) is 0 Å². The zero-order valence-corrected chi connectivity index (χ0v) is 23.4. The maximum atomic E-state index is 12.4. The lowest BCUT2D eigenvalue weighted by molar-refractivity contribution is 0.202. The molecule has 0 saturated heterocycles. The Morgan fingerprint density at radius 3 is 2.40 bits per heavy atom. The van der Waals surface area contributed by atoms with Crippen molar-refractivity contribution >= 4 is 27.5 Å². The van der Waals surface area contributed by atoms with Gasteiger partial charge in [-0.05, 0) is 48.4 Å². The molecule has 1 aromatic heterocycles. The first-order chi connectivity index (χ1) is 17.0. The van der Waals surface area contributed by atoms with E-state index in [0.29, 0.717) is 19.1 Å². The molecule has 0 radical (unpaired) electrons. The molecule has 4 rings (SSSR count). The van der Waals surface area contributed by atoms with Crippen molar-refractivity contribution in [2.75, 3.05) is 20.1 Å². The molecule has 1 unspecified atom stereocenters. The lowest BCUT2D eigenvalue weighted by Gasteiger charge is -2.29. The molecular weight excluding hydrogens is 450 g/mol. The molecule has 2 aromatic carbocycles. The fraction of sp³-hybridized carbons (Fsp3) is 0.433. The number of rotatable bonds is 5. The van der Waals surface area contributed by atoms with Gasteiger partial charge in [0.1, 0.15) is 0 Å². The van der Waals surface area contributed by atoms with Crippen molar-refractivity contribution in [1.82, 2.24) is 15.5 Å². The number of thiophene rings is 1. The molecule has 35 heavy (non-hydrogen) atoms. The summed E-state index contributed by atoms with van der Waals surface area (Å²) in [4.78, 5) is 15.5. The minimum Gasteiger partial charge on any atom is -0.338 e. The van der Waals surface area contributed by atoms with E-state index in [2.05, 4.69) is 85.7 Å². The topological polar surface area (TPSA) is 44.4 Å². The number of allylic oxidation sites excluding steroid dienone is 1. The largest absolute Gasteiger partial charge is 0.338 e. The van der Waals surface area contributed by atoms with Crippen LogP contribution in [0.2, 0.25) is 0 Å². The van der Waals surface area contributed by atoms with Crippen LogP contribution in [0.25, 0.3) is 10.1 Å². The molecule has 4 nitrogen and oxygen atoms in total. The Morgan fingerprint density at radius 1 is 1.14 bits per heavy atom. The van der Waals surface area contributed by atoms with Crippen LogP contribution < -0.4 is 10.6 Å². The molecule has 192 valence electrons. The van der Waals surface area contributed by atoms with Crippen molar-refractivity contribution < 1.29 is 4.79 Å². The van der Waals surface area contributed by atoms with Crippen molar-refractivity contribution in [3.63, 3.8) is 0 Å². The van der Waals surface area contributed by atoms with Crippen LogP contribution >= 0.6 is 11.3 Å². The van der Waals surface area contributed by atoms with Gasteiger partial charge in [-0.15, -0.1) is 17.9 Å². The van der Waals surface area contributed by atoms with E-state index in [9.17, 15) is 4.79 Å². The summed E-state index contributed by atoms with van der Waals surface area (Å²) in [7, 11) is 1.87. The van der Waals surface area contributed by atoms with Gasteiger partial charge >= 0.3 is 6.03 Å². The van der Waals surface area contributed by atoms with Gasteiger partial charge in [-0.2, -0.15) is 0 Å². The summed E-state index contributed by atoms with van der Waals surface area (Å²) in [5, 5.41) is 7.87. The molecule has 5 heteroatoms. The van der Waals surface area contributed by atoms with E-state index in [1.807, 2.05) is 27.8 Å². The van der Waals surface area contributed by atoms with Crippen molar-refractivity contribution in [2.45, 2.75) is 66.5 Å². The summed E-state index contributed by atoms with van der Waals surface area (Å²) in [6.45, 7) is 15.8. The quantitative estimate of drug-likeness (QED) is 0.361. The summed E-state index contributed by atoms with van der Waals surface area (Å²) >= 11 is 1.80. The zero-order valence-electron chi connectivity index (χ0n) is 22.6. The zero-order chi connectivity index (χ0) is 26.1. The van der Waals surface area contributed by atoms with Crippen LogP contribution in [0.1, 0.15) is 57.0 Å². The predicted molar refractivity (Wildman–Crippen MR) is 156 cm³/mol. The first kappa shape index (κ1) is 30.4. The number of likely N-dealkylation sites (N-methyl/N-ethyl adjacent to an activating group) is 1. The Balaban J connectivity index is 0.000000683. The van der Waals surface area contributed by atoms with E-state index in [1.54, 1.807) is 22.3 Å². The average Bonchev–Trinajstić information content (AvgIpc) is 3.29. The van der Waals surface area contributed by atoms with Crippen LogP contribution in [0.5, 0.6) is 0 Å². The van der Waals surface area contributed by atoms with Crippen LogP contribution in [0.15, 0.2) is 67.3 Å². The normalized spacial score (nSPS) is 13.5. The highest BCUT2D eigenvalue weighted by Gasteiger charge is 2.20. The van der Waals surface area contributed by atoms with E-state index < -0.39 is 0 Å². The van der Waals surface area contributed by atoms with E-state index in [0.717, 1.165) is 19.4 Å². The third kappa shape index (κ3) is 10.7. The van der Waals surface area contributed by atoms with Gasteiger partial charge in [0, 0.05) is 42.3 Å². The summed E-state index contributed by atoms with van der Waals surface area (Å²) in [5.41, 5.74) is 2.75. The van der Waals surface area contributed by atoms with E-state index in [4.69, 9.17) is 0 Å². The van der Waals surface area contributed by atoms with Crippen molar-refractivity contribution in [3.05, 3.63) is 83.3 Å². The van der Waals surface area contributed by atoms with Crippen LogP contribution in [-0.4, -0.2) is 37.1 Å². The van der Waals surface area contributed by atoms with Crippen LogP contribution in [-0.2, 0) is 19.4 Å². The number of nitrogens with zero attached hydrogens (tertiary/aromatic N) is 1. The predicted octanol–water partition coefficient (Wildman–Crippen LogP) is 7.43. The second kappa shape index (κ2) is 17.8. The molecular formula is C30H45N3OS. The van der Waals surface area contributed by atoms with Crippen LogP contribution in [0.3, 0.4) is 0 Å². The molecule has 0 spiro atoms. The molecule has 1 aliphatic rings. The number of urea groups is 1. The van der Waals surface area contributed by atoms with Crippen LogP contribution in [0.4, 0.5) is 4.79 Å². The molecule has 0 aliphatic carbocycles. The van der Waals surface area contributed by atoms with Gasteiger partial charge < -0.3 is 15.5 Å². The average molecular weight is 496 g/mol. The number of hydrogen-bond acceptors (Lipinski definition) is 3. The summed E-state index contributed by atoms with van der Waals surface area (Å²) in [5.74, 6) is 0. The molecule has 2 N–H and O–H groups in total. The third-order valence-electron chi connectivity index (χ3n) is 5.13. The van der Waals surface area contributed by atoms with Crippen LogP contribution in [0, 0.1) is 0 Å². The Labute approximate surface area is 217 Å². The summed E-state index contributed by atoms with van der Waals surface area (Å²) < 4.78 is 1.31. The van der Waals surface area contributed by atoms with E-state index in [1.165, 1.54) is 32.5 Å². The highest BCUT2D eigenvalue weighted by Crippen LogP contribution is 2.25. The number of fused-ring (bicyclic) bond motifs is 2. The Kier molecular flexibility index (Phi) is 15.4. The Hall–Kier alpha value is -2.63. The van der Waals surface area contributed by atoms with Crippen molar-refractivity contribution in [3.8, 4) is 0 Å². The Morgan fingerprint density at radius 2 is 1.74 bits per heavy atom. The molecule has 0 bridgehead atoms. The SMILES string of the molecule is C=CC.CC.CCC.CN(CC1Cc2ccccc2CN1)C(=O)NCCc1cc2ccccc2s1. The highest BCUT2D eigenvalue weighted by molar-refractivity contribution is 7.19. The monoisotopic (exact) mass is 495 g/mol. The number of carbonyl (C=O) groups is 1. The number of hydrogen-bond donors (Lipinski definition) is 2. The Bertz CT molecular complexity index is 965. The summed E-state index contributed by atoms with van der Waals surface area (Å²) in [6.07, 6.45) is 4.84. The maximum absolute atomic E-state index is 12.4. The van der Waals surface area contributed by atoms with Gasteiger partial charge in [-0.25, -0.2) is 4.79 Å². The standard InChI is InChI=1S/C22H25N3OS.C3H8.C3H6.C2H6/c1-25(15-19-12-16-6-2-3-8-18(16)14-24-19)22(26)23-11-10-20-13-17-7-4-5-9-21(17)27-20;2*1-3-2;1-2/h2-9,13,19,24H,10-12,14-15H2,1H3,(H,23,26);3H2,1-2H3;3H,1H2,2H3;1-2H3. The van der Waals surface area contributed by atoms with Gasteiger partial charge in [0.05, 0.1) is 0 Å². The molecule has 1 atom stereocenters. The van der Waals surface area contributed by atoms with Gasteiger partial charge in [-0.3, -0.25) is 0 Å². The molecule has 1 aliphatic heterocycles. The fourth-order valence-electron chi connectivity index (χ4n) is 3.65. The highest BCUT2D eigenvalue weighted by atomic mass is 32.1. The van der Waals surface area contributed by atoms with E-state index in [-0.39, 0.29) is 6.03 Å². The maximum Gasteiger partial charge on any atom is 0.317 e. The molecule has 3 aromatic rings. The fourth-order valence-corrected chi connectivity index (χ4v) is 4.72. The van der Waals surface area contributed by atoms with Gasteiger partial charge in [0.2, 0.25) is 0 Å². The lowest BCUT2D eigenvalue weighted by atomic mass is 9.96. The third-order valence-corrected chi connectivity index (χ3v) is 6.31. The minimum atomic E-state index is -0.00299. The van der Waals surface area contributed by atoms with Crippen molar-refractivity contribution in [2.24, 2.45) is 0 Å². The van der Waals surface area contributed by atoms with E-state index >= 15 is 0 Å². The van der Waals surface area contributed by atoms with Gasteiger partial charge in [-0.1, -0.05) is 82.7 Å². The number of amides is 2. The first-order valence-corrected chi connectivity index (χ1v) is 13.7. The molecule has 0 saturated carbocycles. The molecule has 0 fully saturated rings. The molecule has 2 amide bonds. The lowest BCUT2D eigenvalue weighted by Crippen LogP contribution is -2.48. The smallest absolute Gasteiger partial charge is 0.317 e. The number of benzene rings is 2. The number of nitrogens with one attached hydrogen (secondary N) is 2.